The molecule has 5 rings (SSSR count). The maximum atomic E-state index is 13.6. The number of carbonyl (C=O) groups is 2. The van der Waals surface area contributed by atoms with E-state index in [0.717, 1.165) is 32.9 Å². The fourth-order valence-electron chi connectivity index (χ4n) is 4.45. The highest BCUT2D eigenvalue weighted by atomic mass is 16.5. The number of carbonyl (C=O) groups excluding carboxylic acids is 2. The third-order valence-electron chi connectivity index (χ3n) is 6.28. The van der Waals surface area contributed by atoms with Gasteiger partial charge in [0.2, 0.25) is 0 Å². The van der Waals surface area contributed by atoms with Crippen LogP contribution in [0.3, 0.4) is 0 Å². The van der Waals surface area contributed by atoms with Gasteiger partial charge < -0.3 is 9.47 Å². The number of fused-ring (bicyclic) bond motifs is 2. The summed E-state index contributed by atoms with van der Waals surface area (Å²) < 4.78 is 12.8. The summed E-state index contributed by atoms with van der Waals surface area (Å²) in [5, 5.41) is 1.92. The lowest BCUT2D eigenvalue weighted by Crippen LogP contribution is -2.14. The molecule has 6 nitrogen and oxygen atoms in total. The fourth-order valence-corrected chi connectivity index (χ4v) is 4.45. The molecular formula is C31H26N2O4. The van der Waals surface area contributed by atoms with E-state index in [0.29, 0.717) is 23.6 Å². The standard InChI is InChI=1S/C31H26N2O4/c1-3-16-36-30(34)18-27-21(2)33(29-11-7-5-9-26(27)29)31(35)23-12-14-25(15-13-23)37-20-22-17-24-8-4-6-10-28(24)32-19-22/h3-15,17,19H,1,16,18,20H2,2H3. The minimum atomic E-state index is -0.360. The minimum Gasteiger partial charge on any atom is -0.489 e. The van der Waals surface area contributed by atoms with Gasteiger partial charge in [-0.1, -0.05) is 49.1 Å². The Kier molecular flexibility index (Phi) is 6.81. The van der Waals surface area contributed by atoms with E-state index >= 15 is 0 Å². The quantitative estimate of drug-likeness (QED) is 0.196. The first-order chi connectivity index (χ1) is 18.0. The van der Waals surface area contributed by atoms with Crippen LogP contribution in [-0.4, -0.2) is 28.0 Å². The molecule has 0 radical (unpaired) electrons. The molecule has 0 amide bonds. The summed E-state index contributed by atoms with van der Waals surface area (Å²) in [6, 6.07) is 24.7. The molecule has 0 spiro atoms. The molecule has 0 N–H and O–H groups in total. The van der Waals surface area contributed by atoms with Crippen LogP contribution >= 0.6 is 0 Å². The summed E-state index contributed by atoms with van der Waals surface area (Å²) in [6.07, 6.45) is 3.42. The second-order valence-corrected chi connectivity index (χ2v) is 8.72. The van der Waals surface area contributed by atoms with Crippen LogP contribution in [0, 0.1) is 6.92 Å². The molecule has 0 aliphatic carbocycles. The zero-order chi connectivity index (χ0) is 25.8. The highest BCUT2D eigenvalue weighted by molar-refractivity contribution is 6.04. The smallest absolute Gasteiger partial charge is 0.310 e. The van der Waals surface area contributed by atoms with E-state index in [1.807, 2.05) is 61.7 Å². The van der Waals surface area contributed by atoms with Crippen molar-refractivity contribution in [1.82, 2.24) is 9.55 Å². The van der Waals surface area contributed by atoms with Crippen LogP contribution in [0.5, 0.6) is 5.75 Å². The maximum absolute atomic E-state index is 13.6. The first-order valence-corrected chi connectivity index (χ1v) is 12.0. The number of rotatable bonds is 8. The van der Waals surface area contributed by atoms with Crippen molar-refractivity contribution in [3.63, 3.8) is 0 Å². The normalized spacial score (nSPS) is 10.9. The van der Waals surface area contributed by atoms with Crippen molar-refractivity contribution in [2.75, 3.05) is 6.61 Å². The SMILES string of the molecule is C=CCOC(=O)Cc1c(C)n(C(=O)c2ccc(OCc3cnc4ccccc4c3)cc2)c2ccccc12. The van der Waals surface area contributed by atoms with Gasteiger partial charge in [0.25, 0.3) is 5.91 Å². The fraction of sp³-hybridized carbons (Fsp3) is 0.129. The Bertz CT molecular complexity index is 1620. The van der Waals surface area contributed by atoms with Crippen molar-refractivity contribution in [3.8, 4) is 5.75 Å². The predicted octanol–water partition coefficient (Wildman–Crippen LogP) is 6.04. The molecule has 6 heteroatoms. The van der Waals surface area contributed by atoms with Crippen LogP contribution < -0.4 is 4.74 Å². The number of aromatic nitrogens is 2. The zero-order valence-corrected chi connectivity index (χ0v) is 20.5. The Hall–Kier alpha value is -4.71. The number of pyridine rings is 1. The first-order valence-electron chi connectivity index (χ1n) is 12.0. The molecule has 5 aromatic rings. The van der Waals surface area contributed by atoms with Crippen LogP contribution in [-0.2, 0) is 22.6 Å². The van der Waals surface area contributed by atoms with Gasteiger partial charge in [-0.2, -0.15) is 0 Å². The van der Waals surface area contributed by atoms with E-state index in [9.17, 15) is 9.59 Å². The van der Waals surface area contributed by atoms with Gasteiger partial charge in [0.05, 0.1) is 17.5 Å². The summed E-state index contributed by atoms with van der Waals surface area (Å²) in [4.78, 5) is 30.3. The predicted molar refractivity (Wildman–Crippen MR) is 144 cm³/mol. The molecule has 0 saturated carbocycles. The molecule has 37 heavy (non-hydrogen) atoms. The third-order valence-corrected chi connectivity index (χ3v) is 6.28. The Morgan fingerprint density at radius 1 is 1.00 bits per heavy atom. The molecule has 0 bridgehead atoms. The molecule has 184 valence electrons. The van der Waals surface area contributed by atoms with E-state index in [4.69, 9.17) is 9.47 Å². The van der Waals surface area contributed by atoms with E-state index in [2.05, 4.69) is 17.6 Å². The largest absolute Gasteiger partial charge is 0.489 e. The van der Waals surface area contributed by atoms with Gasteiger partial charge in [-0.3, -0.25) is 19.1 Å². The summed E-state index contributed by atoms with van der Waals surface area (Å²) >= 11 is 0. The average Bonchev–Trinajstić information content (AvgIpc) is 3.21. The van der Waals surface area contributed by atoms with Crippen molar-refractivity contribution < 1.29 is 19.1 Å². The molecule has 2 heterocycles. The summed E-state index contributed by atoms with van der Waals surface area (Å²) in [6.45, 7) is 5.95. The maximum Gasteiger partial charge on any atom is 0.310 e. The number of nitrogens with zero attached hydrogens (tertiary/aromatic N) is 2. The Labute approximate surface area is 214 Å². The highest BCUT2D eigenvalue weighted by Gasteiger charge is 2.21. The van der Waals surface area contributed by atoms with Crippen molar-refractivity contribution in [2.24, 2.45) is 0 Å². The van der Waals surface area contributed by atoms with Crippen molar-refractivity contribution >= 4 is 33.7 Å². The van der Waals surface area contributed by atoms with Crippen LogP contribution in [0.2, 0.25) is 0 Å². The zero-order valence-electron chi connectivity index (χ0n) is 20.5. The lowest BCUT2D eigenvalue weighted by atomic mass is 10.1. The van der Waals surface area contributed by atoms with Gasteiger partial charge in [0.1, 0.15) is 19.0 Å². The Morgan fingerprint density at radius 3 is 2.57 bits per heavy atom. The number of benzene rings is 3. The van der Waals surface area contributed by atoms with E-state index in [1.165, 1.54) is 6.08 Å². The van der Waals surface area contributed by atoms with Crippen LogP contribution in [0.4, 0.5) is 0 Å². The lowest BCUT2D eigenvalue weighted by molar-refractivity contribution is -0.141. The number of para-hydroxylation sites is 2. The van der Waals surface area contributed by atoms with Crippen LogP contribution in [0.15, 0.2) is 97.7 Å². The molecule has 0 aliphatic rings. The molecule has 0 atom stereocenters. The summed E-state index contributed by atoms with van der Waals surface area (Å²) in [7, 11) is 0. The van der Waals surface area contributed by atoms with E-state index < -0.39 is 0 Å². The number of esters is 1. The van der Waals surface area contributed by atoms with Gasteiger partial charge in [0.15, 0.2) is 0 Å². The van der Waals surface area contributed by atoms with E-state index in [1.54, 1.807) is 28.8 Å². The van der Waals surface area contributed by atoms with Gasteiger partial charge in [0, 0.05) is 33.8 Å². The minimum absolute atomic E-state index is 0.0802. The average molecular weight is 491 g/mol. The summed E-state index contributed by atoms with van der Waals surface area (Å²) in [5.74, 6) is 0.121. The van der Waals surface area contributed by atoms with Gasteiger partial charge in [-0.15, -0.1) is 0 Å². The van der Waals surface area contributed by atoms with Crippen molar-refractivity contribution in [2.45, 2.75) is 20.0 Å². The molecule has 0 aliphatic heterocycles. The molecule has 3 aromatic carbocycles. The molecule has 0 fully saturated rings. The Balaban J connectivity index is 1.35. The van der Waals surface area contributed by atoms with Crippen molar-refractivity contribution in [3.05, 3.63) is 120 Å². The molecule has 2 aromatic heterocycles. The molecule has 0 saturated heterocycles. The number of hydrogen-bond donors (Lipinski definition) is 0. The molecular weight excluding hydrogens is 464 g/mol. The lowest BCUT2D eigenvalue weighted by Gasteiger charge is -2.10. The molecule has 0 unspecified atom stereocenters. The van der Waals surface area contributed by atoms with Crippen LogP contribution in [0.25, 0.3) is 21.8 Å². The third kappa shape index (κ3) is 5.00. The monoisotopic (exact) mass is 490 g/mol. The second-order valence-electron chi connectivity index (χ2n) is 8.72. The van der Waals surface area contributed by atoms with Crippen LogP contribution in [0.1, 0.15) is 27.2 Å². The Morgan fingerprint density at radius 2 is 1.76 bits per heavy atom. The number of ether oxygens (including phenoxy) is 2. The topological polar surface area (TPSA) is 70.4 Å². The van der Waals surface area contributed by atoms with Gasteiger partial charge >= 0.3 is 5.97 Å². The van der Waals surface area contributed by atoms with Gasteiger partial charge in [-0.05, 0) is 55.0 Å². The van der Waals surface area contributed by atoms with Gasteiger partial charge in [-0.25, -0.2) is 0 Å². The second kappa shape index (κ2) is 10.5. The first kappa shape index (κ1) is 24.0. The van der Waals surface area contributed by atoms with E-state index in [-0.39, 0.29) is 24.9 Å². The summed E-state index contributed by atoms with van der Waals surface area (Å²) in [5.41, 5.74) is 4.67. The highest BCUT2D eigenvalue weighted by Crippen LogP contribution is 2.28. The number of hydrogen-bond acceptors (Lipinski definition) is 5. The van der Waals surface area contributed by atoms with Crippen molar-refractivity contribution in [1.29, 1.82) is 0 Å².